The number of aromatic nitrogens is 2. The van der Waals surface area contributed by atoms with Crippen molar-refractivity contribution in [1.82, 2.24) is 15.3 Å². The first kappa shape index (κ1) is 15.7. The summed E-state index contributed by atoms with van der Waals surface area (Å²) >= 11 is 0. The topological polar surface area (TPSA) is 84.0 Å². The van der Waals surface area contributed by atoms with Crippen LogP contribution in [0.1, 0.15) is 50.1 Å². The quantitative estimate of drug-likeness (QED) is 0.877. The molecular formula is C15H24N4O2S. The molecule has 3 rings (SSSR count). The van der Waals surface area contributed by atoms with Crippen LogP contribution in [0.25, 0.3) is 0 Å². The first-order valence-electron chi connectivity index (χ1n) is 8.08. The molecule has 0 aromatic carbocycles. The number of piperidine rings is 1. The molecule has 7 heteroatoms. The van der Waals surface area contributed by atoms with Crippen molar-refractivity contribution in [3.05, 3.63) is 11.9 Å². The average Bonchev–Trinajstić information content (AvgIpc) is 3.00. The van der Waals surface area contributed by atoms with E-state index in [0.29, 0.717) is 17.7 Å². The van der Waals surface area contributed by atoms with Gasteiger partial charge in [0.2, 0.25) is 5.95 Å². The fourth-order valence-electron chi connectivity index (χ4n) is 3.37. The Kier molecular flexibility index (Phi) is 4.63. The van der Waals surface area contributed by atoms with Crippen LogP contribution in [0.5, 0.6) is 0 Å². The SMILES string of the molecule is CS(=O)(=O)c1cnc(NC2CCCC2)nc1[C@@H]1CCCNC1. The Hall–Kier alpha value is -1.21. The van der Waals surface area contributed by atoms with E-state index in [0.717, 1.165) is 38.8 Å². The van der Waals surface area contributed by atoms with Crippen LogP contribution in [0.4, 0.5) is 5.95 Å². The third kappa shape index (κ3) is 3.57. The van der Waals surface area contributed by atoms with Gasteiger partial charge in [0.05, 0.1) is 11.9 Å². The molecule has 2 N–H and O–H groups in total. The predicted octanol–water partition coefficient (Wildman–Crippen LogP) is 1.70. The van der Waals surface area contributed by atoms with Gasteiger partial charge in [-0.25, -0.2) is 18.4 Å². The number of nitrogens with one attached hydrogen (secondary N) is 2. The van der Waals surface area contributed by atoms with Gasteiger partial charge in [0, 0.05) is 24.8 Å². The lowest BCUT2D eigenvalue weighted by Crippen LogP contribution is -2.30. The Balaban J connectivity index is 1.90. The maximum Gasteiger partial charge on any atom is 0.223 e. The van der Waals surface area contributed by atoms with Crippen molar-refractivity contribution >= 4 is 15.8 Å². The van der Waals surface area contributed by atoms with Crippen molar-refractivity contribution in [1.29, 1.82) is 0 Å². The summed E-state index contributed by atoms with van der Waals surface area (Å²) in [6.45, 7) is 1.77. The van der Waals surface area contributed by atoms with Gasteiger partial charge in [0.15, 0.2) is 9.84 Å². The summed E-state index contributed by atoms with van der Waals surface area (Å²) < 4.78 is 24.1. The number of rotatable bonds is 4. The van der Waals surface area contributed by atoms with Crippen LogP contribution in [-0.2, 0) is 9.84 Å². The van der Waals surface area contributed by atoms with E-state index in [9.17, 15) is 8.42 Å². The van der Waals surface area contributed by atoms with Crippen LogP contribution in [0.15, 0.2) is 11.1 Å². The Bertz CT molecular complexity index is 620. The second-order valence-corrected chi connectivity index (χ2v) is 8.37. The van der Waals surface area contributed by atoms with E-state index < -0.39 is 9.84 Å². The van der Waals surface area contributed by atoms with Crippen LogP contribution < -0.4 is 10.6 Å². The molecule has 1 aromatic heterocycles. The highest BCUT2D eigenvalue weighted by atomic mass is 32.2. The molecule has 122 valence electrons. The van der Waals surface area contributed by atoms with E-state index in [1.54, 1.807) is 0 Å². The molecule has 1 saturated carbocycles. The normalized spacial score (nSPS) is 23.6. The molecule has 1 aromatic rings. The lowest BCUT2D eigenvalue weighted by atomic mass is 9.96. The molecule has 0 unspecified atom stereocenters. The Morgan fingerprint density at radius 3 is 2.64 bits per heavy atom. The smallest absolute Gasteiger partial charge is 0.223 e. The molecule has 0 spiro atoms. The molecule has 22 heavy (non-hydrogen) atoms. The van der Waals surface area contributed by atoms with Crippen molar-refractivity contribution in [3.63, 3.8) is 0 Å². The predicted molar refractivity (Wildman–Crippen MR) is 85.9 cm³/mol. The third-order valence-corrected chi connectivity index (χ3v) is 5.67. The molecule has 2 fully saturated rings. The Morgan fingerprint density at radius 1 is 1.23 bits per heavy atom. The summed E-state index contributed by atoms with van der Waals surface area (Å²) in [5.74, 6) is 0.713. The second-order valence-electron chi connectivity index (χ2n) is 6.38. The first-order valence-corrected chi connectivity index (χ1v) is 9.97. The van der Waals surface area contributed by atoms with E-state index >= 15 is 0 Å². The van der Waals surface area contributed by atoms with Gasteiger partial charge in [0.1, 0.15) is 4.90 Å². The highest BCUT2D eigenvalue weighted by molar-refractivity contribution is 7.90. The molecule has 0 radical (unpaired) electrons. The Morgan fingerprint density at radius 2 is 2.00 bits per heavy atom. The van der Waals surface area contributed by atoms with Gasteiger partial charge < -0.3 is 10.6 Å². The van der Waals surface area contributed by atoms with Crippen molar-refractivity contribution in [2.45, 2.75) is 55.4 Å². The highest BCUT2D eigenvalue weighted by Gasteiger charge is 2.26. The standard InChI is InChI=1S/C15H24N4O2S/c1-22(20,21)13-10-17-15(18-12-6-2-3-7-12)19-14(13)11-5-4-8-16-9-11/h10-12,16H,2-9H2,1H3,(H,17,18,19)/t11-/m1/s1. The minimum atomic E-state index is -3.31. The molecule has 1 aliphatic heterocycles. The van der Waals surface area contributed by atoms with Crippen LogP contribution >= 0.6 is 0 Å². The van der Waals surface area contributed by atoms with Crippen molar-refractivity contribution in [2.24, 2.45) is 0 Å². The average molecular weight is 324 g/mol. The zero-order valence-electron chi connectivity index (χ0n) is 13.0. The lowest BCUT2D eigenvalue weighted by Gasteiger charge is -2.24. The summed E-state index contributed by atoms with van der Waals surface area (Å²) in [7, 11) is -3.31. The minimum Gasteiger partial charge on any atom is -0.351 e. The molecule has 6 nitrogen and oxygen atoms in total. The Labute approximate surface area is 132 Å². The summed E-state index contributed by atoms with van der Waals surface area (Å²) in [6.07, 6.45) is 9.46. The van der Waals surface area contributed by atoms with E-state index in [1.165, 1.54) is 25.3 Å². The molecule has 1 saturated heterocycles. The van der Waals surface area contributed by atoms with E-state index in [2.05, 4.69) is 20.6 Å². The van der Waals surface area contributed by atoms with Crippen molar-refractivity contribution in [3.8, 4) is 0 Å². The van der Waals surface area contributed by atoms with Gasteiger partial charge in [-0.1, -0.05) is 12.8 Å². The summed E-state index contributed by atoms with van der Waals surface area (Å²) in [6, 6.07) is 0.418. The van der Waals surface area contributed by atoms with E-state index in [-0.39, 0.29) is 10.8 Å². The van der Waals surface area contributed by atoms with Crippen molar-refractivity contribution in [2.75, 3.05) is 24.7 Å². The van der Waals surface area contributed by atoms with Crippen LogP contribution in [-0.4, -0.2) is 43.8 Å². The fraction of sp³-hybridized carbons (Fsp3) is 0.733. The second kappa shape index (κ2) is 6.50. The third-order valence-electron chi connectivity index (χ3n) is 4.55. The van der Waals surface area contributed by atoms with Crippen LogP contribution in [0.2, 0.25) is 0 Å². The molecule has 1 atom stereocenters. The summed E-state index contributed by atoms with van der Waals surface area (Å²) in [5.41, 5.74) is 0.671. The van der Waals surface area contributed by atoms with Gasteiger partial charge in [-0.15, -0.1) is 0 Å². The van der Waals surface area contributed by atoms with Gasteiger partial charge in [-0.2, -0.15) is 0 Å². The molecule has 1 aliphatic carbocycles. The van der Waals surface area contributed by atoms with Crippen LogP contribution in [0, 0.1) is 0 Å². The van der Waals surface area contributed by atoms with Crippen molar-refractivity contribution < 1.29 is 8.42 Å². The molecular weight excluding hydrogens is 300 g/mol. The fourth-order valence-corrected chi connectivity index (χ4v) is 4.21. The van der Waals surface area contributed by atoms with E-state index in [4.69, 9.17) is 0 Å². The van der Waals surface area contributed by atoms with Gasteiger partial charge >= 0.3 is 0 Å². The number of nitrogens with zero attached hydrogens (tertiary/aromatic N) is 2. The largest absolute Gasteiger partial charge is 0.351 e. The number of hydrogen-bond acceptors (Lipinski definition) is 6. The maximum atomic E-state index is 12.0. The van der Waals surface area contributed by atoms with Gasteiger partial charge in [-0.3, -0.25) is 0 Å². The molecule has 0 bridgehead atoms. The molecule has 0 amide bonds. The maximum absolute atomic E-state index is 12.0. The van der Waals surface area contributed by atoms with E-state index in [1.807, 2.05) is 0 Å². The molecule has 2 aliphatic rings. The van der Waals surface area contributed by atoms with Gasteiger partial charge in [0.25, 0.3) is 0 Å². The minimum absolute atomic E-state index is 0.144. The summed E-state index contributed by atoms with van der Waals surface area (Å²) in [5, 5.41) is 6.69. The summed E-state index contributed by atoms with van der Waals surface area (Å²) in [4.78, 5) is 9.10. The number of hydrogen-bond donors (Lipinski definition) is 2. The zero-order valence-corrected chi connectivity index (χ0v) is 13.8. The monoisotopic (exact) mass is 324 g/mol. The molecule has 2 heterocycles. The zero-order chi connectivity index (χ0) is 15.6. The number of sulfone groups is 1. The first-order chi connectivity index (χ1) is 10.5. The highest BCUT2D eigenvalue weighted by Crippen LogP contribution is 2.28. The number of anilines is 1. The van der Waals surface area contributed by atoms with Gasteiger partial charge in [-0.05, 0) is 32.2 Å². The lowest BCUT2D eigenvalue weighted by molar-refractivity contribution is 0.448. The van der Waals surface area contributed by atoms with Crippen LogP contribution in [0.3, 0.4) is 0 Å².